The molecule has 1 unspecified atom stereocenters. The summed E-state index contributed by atoms with van der Waals surface area (Å²) in [5, 5.41) is 5.94. The maximum atomic E-state index is 11.4. The molecule has 0 fully saturated rings. The Labute approximate surface area is 102 Å². The molecule has 0 aromatic heterocycles. The maximum absolute atomic E-state index is 11.4. The van der Waals surface area contributed by atoms with E-state index in [4.69, 9.17) is 4.74 Å². The molecule has 0 heterocycles. The average molecular weight is 236 g/mol. The second-order valence-electron chi connectivity index (χ2n) is 3.75. The molecule has 1 aromatic carbocycles. The molecule has 2 N–H and O–H groups in total. The van der Waals surface area contributed by atoms with E-state index in [2.05, 4.69) is 10.6 Å². The number of ether oxygens (including phenoxy) is 1. The topological polar surface area (TPSA) is 50.4 Å². The second-order valence-corrected chi connectivity index (χ2v) is 3.75. The largest absolute Gasteiger partial charge is 0.383 e. The Morgan fingerprint density at radius 1 is 1.35 bits per heavy atom. The van der Waals surface area contributed by atoms with Crippen LogP contribution in [0.5, 0.6) is 0 Å². The smallest absolute Gasteiger partial charge is 0.233 e. The summed E-state index contributed by atoms with van der Waals surface area (Å²) < 4.78 is 5.16. The van der Waals surface area contributed by atoms with Gasteiger partial charge in [-0.1, -0.05) is 30.3 Å². The van der Waals surface area contributed by atoms with Crippen molar-refractivity contribution in [2.24, 2.45) is 0 Å². The molecule has 1 rings (SSSR count). The molecule has 1 atom stereocenters. The van der Waals surface area contributed by atoms with Crippen molar-refractivity contribution in [2.75, 3.05) is 26.8 Å². The average Bonchev–Trinajstić information content (AvgIpc) is 2.36. The van der Waals surface area contributed by atoms with Gasteiger partial charge in [0.05, 0.1) is 19.2 Å². The van der Waals surface area contributed by atoms with E-state index >= 15 is 0 Å². The molecular formula is C13H20N2O2. The van der Waals surface area contributed by atoms with Crippen molar-refractivity contribution in [1.82, 2.24) is 10.6 Å². The Balaban J connectivity index is 2.52. The normalized spacial score (nSPS) is 12.1. The van der Waals surface area contributed by atoms with Gasteiger partial charge in [0.25, 0.3) is 0 Å². The molecule has 0 saturated carbocycles. The first-order valence-corrected chi connectivity index (χ1v) is 5.82. The number of carbonyl (C=O) groups excluding carboxylic acids is 1. The van der Waals surface area contributed by atoms with E-state index in [1.165, 1.54) is 0 Å². The fraction of sp³-hybridized carbons (Fsp3) is 0.462. The molecule has 0 bridgehead atoms. The summed E-state index contributed by atoms with van der Waals surface area (Å²) >= 11 is 0. The van der Waals surface area contributed by atoms with Gasteiger partial charge in [-0.15, -0.1) is 0 Å². The van der Waals surface area contributed by atoms with Gasteiger partial charge in [-0.3, -0.25) is 10.1 Å². The third-order valence-corrected chi connectivity index (χ3v) is 2.42. The number of amides is 1. The van der Waals surface area contributed by atoms with Crippen molar-refractivity contribution in [3.63, 3.8) is 0 Å². The molecule has 0 aliphatic heterocycles. The lowest BCUT2D eigenvalue weighted by Gasteiger charge is -2.18. The first-order chi connectivity index (χ1) is 8.27. The first kappa shape index (κ1) is 13.7. The molecule has 94 valence electrons. The zero-order chi connectivity index (χ0) is 12.5. The van der Waals surface area contributed by atoms with E-state index in [-0.39, 0.29) is 11.9 Å². The molecule has 0 saturated heterocycles. The lowest BCUT2D eigenvalue weighted by atomic mass is 10.1. The van der Waals surface area contributed by atoms with Crippen molar-refractivity contribution >= 4 is 5.91 Å². The highest BCUT2D eigenvalue weighted by Gasteiger charge is 2.11. The Bertz CT molecular complexity index is 327. The molecule has 0 spiro atoms. The summed E-state index contributed by atoms with van der Waals surface area (Å²) in [6, 6.07) is 10.0. The van der Waals surface area contributed by atoms with Crippen LogP contribution in [0, 0.1) is 0 Å². The van der Waals surface area contributed by atoms with Crippen LogP contribution in [0.1, 0.15) is 18.5 Å². The summed E-state index contributed by atoms with van der Waals surface area (Å²) in [5.41, 5.74) is 1.12. The zero-order valence-corrected chi connectivity index (χ0v) is 10.4. The van der Waals surface area contributed by atoms with Crippen LogP contribution in [-0.4, -0.2) is 32.7 Å². The quantitative estimate of drug-likeness (QED) is 0.745. The zero-order valence-electron chi connectivity index (χ0n) is 10.4. The predicted octanol–water partition coefficient (Wildman–Crippen LogP) is 1.10. The Hall–Kier alpha value is -1.39. The highest BCUT2D eigenvalue weighted by molar-refractivity contribution is 5.77. The molecule has 0 radical (unpaired) electrons. The number of methoxy groups -OCH3 is 1. The molecule has 1 amide bonds. The van der Waals surface area contributed by atoms with E-state index in [1.807, 2.05) is 37.3 Å². The van der Waals surface area contributed by atoms with Gasteiger partial charge < -0.3 is 10.1 Å². The number of rotatable bonds is 7. The number of hydrogen-bond acceptors (Lipinski definition) is 3. The van der Waals surface area contributed by atoms with Gasteiger partial charge in [0.15, 0.2) is 0 Å². The van der Waals surface area contributed by atoms with E-state index in [0.29, 0.717) is 19.7 Å². The summed E-state index contributed by atoms with van der Waals surface area (Å²) in [4.78, 5) is 11.4. The minimum atomic E-state index is 0.00420. The van der Waals surface area contributed by atoms with E-state index < -0.39 is 0 Å². The SMILES string of the molecule is CCNC(=O)CNC(COC)c1ccccc1. The summed E-state index contributed by atoms with van der Waals surface area (Å²) in [5.74, 6) is 0.00420. The fourth-order valence-corrected chi connectivity index (χ4v) is 1.60. The van der Waals surface area contributed by atoms with Gasteiger partial charge in [-0.2, -0.15) is 0 Å². The second kappa shape index (κ2) is 7.81. The lowest BCUT2D eigenvalue weighted by molar-refractivity contribution is -0.120. The van der Waals surface area contributed by atoms with Gasteiger partial charge in [0, 0.05) is 13.7 Å². The molecule has 1 aromatic rings. The number of benzene rings is 1. The molecule has 17 heavy (non-hydrogen) atoms. The lowest BCUT2D eigenvalue weighted by Crippen LogP contribution is -2.36. The highest BCUT2D eigenvalue weighted by atomic mass is 16.5. The van der Waals surface area contributed by atoms with Crippen molar-refractivity contribution in [3.05, 3.63) is 35.9 Å². The van der Waals surface area contributed by atoms with Crippen LogP contribution in [-0.2, 0) is 9.53 Å². The summed E-state index contributed by atoms with van der Waals surface area (Å²) in [7, 11) is 1.66. The minimum absolute atomic E-state index is 0.00420. The van der Waals surface area contributed by atoms with Gasteiger partial charge in [0.2, 0.25) is 5.91 Å². The third-order valence-electron chi connectivity index (χ3n) is 2.42. The third kappa shape index (κ3) is 4.97. The first-order valence-electron chi connectivity index (χ1n) is 5.82. The molecule has 4 heteroatoms. The van der Waals surface area contributed by atoms with Crippen molar-refractivity contribution < 1.29 is 9.53 Å². The maximum Gasteiger partial charge on any atom is 0.233 e. The van der Waals surface area contributed by atoms with Crippen LogP contribution in [0.2, 0.25) is 0 Å². The van der Waals surface area contributed by atoms with Crippen molar-refractivity contribution in [1.29, 1.82) is 0 Å². The van der Waals surface area contributed by atoms with Gasteiger partial charge in [-0.25, -0.2) is 0 Å². The Kier molecular flexibility index (Phi) is 6.29. The molecular weight excluding hydrogens is 216 g/mol. The van der Waals surface area contributed by atoms with Gasteiger partial charge >= 0.3 is 0 Å². The van der Waals surface area contributed by atoms with Crippen LogP contribution < -0.4 is 10.6 Å². The summed E-state index contributed by atoms with van der Waals surface area (Å²) in [6.07, 6.45) is 0. The highest BCUT2D eigenvalue weighted by Crippen LogP contribution is 2.11. The van der Waals surface area contributed by atoms with Crippen LogP contribution in [0.3, 0.4) is 0 Å². The predicted molar refractivity (Wildman–Crippen MR) is 67.7 cm³/mol. The van der Waals surface area contributed by atoms with Crippen LogP contribution in [0.25, 0.3) is 0 Å². The Morgan fingerprint density at radius 3 is 2.65 bits per heavy atom. The van der Waals surface area contributed by atoms with Crippen LogP contribution >= 0.6 is 0 Å². The molecule has 0 aliphatic rings. The van der Waals surface area contributed by atoms with Gasteiger partial charge in [-0.05, 0) is 12.5 Å². The van der Waals surface area contributed by atoms with Crippen molar-refractivity contribution in [2.45, 2.75) is 13.0 Å². The monoisotopic (exact) mass is 236 g/mol. The Morgan fingerprint density at radius 2 is 2.06 bits per heavy atom. The van der Waals surface area contributed by atoms with E-state index in [9.17, 15) is 4.79 Å². The number of hydrogen-bond donors (Lipinski definition) is 2. The van der Waals surface area contributed by atoms with Gasteiger partial charge in [0.1, 0.15) is 0 Å². The minimum Gasteiger partial charge on any atom is -0.383 e. The number of carbonyl (C=O) groups is 1. The fourth-order valence-electron chi connectivity index (χ4n) is 1.60. The van der Waals surface area contributed by atoms with Crippen LogP contribution in [0.15, 0.2) is 30.3 Å². The summed E-state index contributed by atoms with van der Waals surface area (Å²) in [6.45, 7) is 3.41. The van der Waals surface area contributed by atoms with E-state index in [0.717, 1.165) is 5.56 Å². The molecule has 0 aliphatic carbocycles. The van der Waals surface area contributed by atoms with E-state index in [1.54, 1.807) is 7.11 Å². The van der Waals surface area contributed by atoms with Crippen molar-refractivity contribution in [3.8, 4) is 0 Å². The number of likely N-dealkylation sites (N-methyl/N-ethyl adjacent to an activating group) is 1. The standard InChI is InChI=1S/C13H20N2O2/c1-3-14-13(16)9-15-12(10-17-2)11-7-5-4-6-8-11/h4-8,12,15H,3,9-10H2,1-2H3,(H,14,16). The molecule has 4 nitrogen and oxygen atoms in total. The number of nitrogens with one attached hydrogen (secondary N) is 2. The van der Waals surface area contributed by atoms with Crippen LogP contribution in [0.4, 0.5) is 0 Å².